The normalized spacial score (nSPS) is 11.7. The van der Waals surface area contributed by atoms with E-state index in [2.05, 4.69) is 125 Å². The summed E-state index contributed by atoms with van der Waals surface area (Å²) in [5.74, 6) is 0. The summed E-state index contributed by atoms with van der Waals surface area (Å²) in [7, 11) is 25.2. The van der Waals surface area contributed by atoms with Crippen LogP contribution in [0.3, 0.4) is 0 Å². The molecular formula is C37H22B4N2. The van der Waals surface area contributed by atoms with Crippen molar-refractivity contribution < 1.29 is 0 Å². The van der Waals surface area contributed by atoms with Crippen molar-refractivity contribution in [1.82, 2.24) is 9.13 Å². The lowest BCUT2D eigenvalue weighted by Gasteiger charge is -2.19. The van der Waals surface area contributed by atoms with E-state index in [1.54, 1.807) is 0 Å². The highest BCUT2D eigenvalue weighted by molar-refractivity contribution is 6.63. The van der Waals surface area contributed by atoms with E-state index < -0.39 is 0 Å². The fraction of sp³-hybridized carbons (Fsp3) is 0.0270. The van der Waals surface area contributed by atoms with Crippen LogP contribution in [0.15, 0.2) is 115 Å². The summed E-state index contributed by atoms with van der Waals surface area (Å²) >= 11 is 0. The van der Waals surface area contributed by atoms with Gasteiger partial charge in [0.15, 0.2) is 0 Å². The van der Waals surface area contributed by atoms with Gasteiger partial charge in [-0.15, -0.1) is 16.4 Å². The number of hydrogen-bond acceptors (Lipinski definition) is 0. The molecule has 6 aromatic carbocycles. The summed E-state index contributed by atoms with van der Waals surface area (Å²) in [6, 6.07) is 40.7. The monoisotopic (exact) mass is 538 g/mol. The Morgan fingerprint density at radius 2 is 1.00 bits per heavy atom. The van der Waals surface area contributed by atoms with Crippen LogP contribution >= 0.6 is 0 Å². The van der Waals surface area contributed by atoms with Crippen molar-refractivity contribution >= 4 is 96.8 Å². The van der Waals surface area contributed by atoms with E-state index in [4.69, 9.17) is 31.4 Å². The quantitative estimate of drug-likeness (QED) is 0.280. The van der Waals surface area contributed by atoms with Gasteiger partial charge in [-0.2, -0.15) is 0 Å². The van der Waals surface area contributed by atoms with Crippen LogP contribution in [0.5, 0.6) is 0 Å². The number of fused-ring (bicyclic) bond motifs is 6. The molecule has 0 N–H and O–H groups in total. The molecule has 6 heteroatoms. The van der Waals surface area contributed by atoms with Crippen LogP contribution in [-0.2, 0) is 0 Å². The van der Waals surface area contributed by atoms with Crippen molar-refractivity contribution in [3.05, 3.63) is 121 Å². The Hall–Kier alpha value is -4.82. The third-order valence-corrected chi connectivity index (χ3v) is 8.64. The van der Waals surface area contributed by atoms with Gasteiger partial charge in [0, 0.05) is 32.9 Å². The maximum absolute atomic E-state index is 6.54. The first-order chi connectivity index (χ1) is 20.9. The summed E-state index contributed by atoms with van der Waals surface area (Å²) in [6.07, 6.45) is 0. The predicted molar refractivity (Wildman–Crippen MR) is 187 cm³/mol. The summed E-state index contributed by atoms with van der Waals surface area (Å²) in [6.45, 7) is 2.11. The molecule has 0 aliphatic heterocycles. The zero-order valence-electron chi connectivity index (χ0n) is 23.7. The third-order valence-electron chi connectivity index (χ3n) is 8.64. The first kappa shape index (κ1) is 25.9. The van der Waals surface area contributed by atoms with Crippen molar-refractivity contribution in [2.75, 3.05) is 0 Å². The average molecular weight is 538 g/mol. The van der Waals surface area contributed by atoms with Gasteiger partial charge in [-0.05, 0) is 78.7 Å². The van der Waals surface area contributed by atoms with Crippen LogP contribution in [0.2, 0.25) is 0 Å². The molecule has 8 rings (SSSR count). The van der Waals surface area contributed by atoms with E-state index in [-0.39, 0.29) is 0 Å². The zero-order valence-corrected chi connectivity index (χ0v) is 23.7. The molecule has 0 bridgehead atoms. The molecule has 2 aromatic heterocycles. The maximum Gasteiger partial charge on any atom is 0.115 e. The second-order valence-corrected chi connectivity index (χ2v) is 11.2. The van der Waals surface area contributed by atoms with Crippen molar-refractivity contribution in [3.63, 3.8) is 0 Å². The molecule has 2 heterocycles. The van der Waals surface area contributed by atoms with E-state index in [0.29, 0.717) is 21.9 Å². The minimum absolute atomic E-state index is 0.303. The van der Waals surface area contributed by atoms with Gasteiger partial charge in [-0.3, -0.25) is 0 Å². The van der Waals surface area contributed by atoms with Crippen LogP contribution in [0.25, 0.3) is 66.1 Å². The summed E-state index contributed by atoms with van der Waals surface area (Å²) in [5.41, 5.74) is 11.2. The molecule has 0 spiro atoms. The number of para-hydroxylation sites is 2. The van der Waals surface area contributed by atoms with Gasteiger partial charge >= 0.3 is 0 Å². The second-order valence-electron chi connectivity index (χ2n) is 11.2. The Bertz CT molecular complexity index is 2400. The topological polar surface area (TPSA) is 9.86 Å². The fourth-order valence-corrected chi connectivity index (χ4v) is 6.51. The molecule has 0 aliphatic rings. The van der Waals surface area contributed by atoms with Crippen molar-refractivity contribution in [2.45, 2.75) is 6.92 Å². The Labute approximate surface area is 255 Å². The standard InChI is InChI=1S/C37H22B4N2/c1-21-11-14-32-26(17-21)28-19-23(13-16-33(28)43(32)34-20-29(38)35(39)37(41)36(34)40)22-12-15-31-27(18-22)25-9-5-6-10-30(25)42(31)24-7-3-2-4-8-24/h2-20H,1H3. The van der Waals surface area contributed by atoms with Crippen molar-refractivity contribution in [2.24, 2.45) is 0 Å². The Morgan fingerprint density at radius 1 is 0.442 bits per heavy atom. The number of aryl methyl sites for hydroxylation is 1. The smallest absolute Gasteiger partial charge is 0.115 e. The van der Waals surface area contributed by atoms with Gasteiger partial charge in [0.05, 0.1) is 22.1 Å². The SMILES string of the molecule is [B]c1cc(-n2c3ccc(C)cc3c3cc(-c4ccc5c(c4)c4ccccc4n5-c4ccccc4)ccc32)c([B])c([B])c1[B]. The van der Waals surface area contributed by atoms with Gasteiger partial charge in [0.1, 0.15) is 31.4 Å². The molecule has 0 fully saturated rings. The van der Waals surface area contributed by atoms with Crippen LogP contribution in [-0.4, -0.2) is 40.5 Å². The Kier molecular flexibility index (Phi) is 5.78. The lowest BCUT2D eigenvalue weighted by molar-refractivity contribution is 1.18. The van der Waals surface area contributed by atoms with E-state index in [9.17, 15) is 0 Å². The van der Waals surface area contributed by atoms with Crippen LogP contribution in [0.4, 0.5) is 0 Å². The van der Waals surface area contributed by atoms with Crippen LogP contribution in [0.1, 0.15) is 5.56 Å². The van der Waals surface area contributed by atoms with E-state index in [1.165, 1.54) is 27.4 Å². The molecule has 0 unspecified atom stereocenters. The van der Waals surface area contributed by atoms with Gasteiger partial charge in [-0.1, -0.05) is 65.6 Å². The molecule has 0 saturated heterocycles. The Morgan fingerprint density at radius 3 is 1.72 bits per heavy atom. The van der Waals surface area contributed by atoms with Crippen molar-refractivity contribution in [1.29, 1.82) is 0 Å². The molecule has 192 valence electrons. The number of hydrogen-bond donors (Lipinski definition) is 0. The average Bonchev–Trinajstić information content (AvgIpc) is 3.54. The van der Waals surface area contributed by atoms with Gasteiger partial charge in [0.25, 0.3) is 0 Å². The predicted octanol–water partition coefficient (Wildman–Crippen LogP) is 5.03. The first-order valence-electron chi connectivity index (χ1n) is 14.3. The zero-order chi connectivity index (χ0) is 29.4. The molecule has 0 saturated carbocycles. The van der Waals surface area contributed by atoms with E-state index in [1.807, 2.05) is 6.07 Å². The van der Waals surface area contributed by atoms with Crippen LogP contribution < -0.4 is 21.9 Å². The minimum atomic E-state index is 0.303. The molecule has 0 amide bonds. The lowest BCUT2D eigenvalue weighted by Crippen LogP contribution is -2.48. The van der Waals surface area contributed by atoms with E-state index >= 15 is 0 Å². The molecule has 8 aromatic rings. The Balaban J connectivity index is 1.37. The molecule has 0 aliphatic carbocycles. The summed E-state index contributed by atoms with van der Waals surface area (Å²) < 4.78 is 4.47. The van der Waals surface area contributed by atoms with Gasteiger partial charge in [0.2, 0.25) is 0 Å². The molecule has 8 radical (unpaired) electrons. The summed E-state index contributed by atoms with van der Waals surface area (Å²) in [4.78, 5) is 0. The molecule has 2 nitrogen and oxygen atoms in total. The molecule has 0 atom stereocenters. The summed E-state index contributed by atoms with van der Waals surface area (Å²) in [5, 5.41) is 4.70. The largest absolute Gasteiger partial charge is 0.310 e. The number of benzene rings is 6. The van der Waals surface area contributed by atoms with Gasteiger partial charge < -0.3 is 9.13 Å². The van der Waals surface area contributed by atoms with Gasteiger partial charge in [-0.25, -0.2) is 0 Å². The highest BCUT2D eigenvalue weighted by Crippen LogP contribution is 2.38. The third kappa shape index (κ3) is 3.86. The maximum atomic E-state index is 6.54. The highest BCUT2D eigenvalue weighted by atomic mass is 15.0. The van der Waals surface area contributed by atoms with Crippen LogP contribution in [0, 0.1) is 6.92 Å². The number of nitrogens with zero attached hydrogens (tertiary/aromatic N) is 2. The second kappa shape index (κ2) is 9.61. The fourth-order valence-electron chi connectivity index (χ4n) is 6.51. The molecular weight excluding hydrogens is 516 g/mol. The lowest BCUT2D eigenvalue weighted by atomic mass is 9.66. The van der Waals surface area contributed by atoms with E-state index in [0.717, 1.165) is 44.3 Å². The molecule has 43 heavy (non-hydrogen) atoms. The number of aromatic nitrogens is 2. The number of rotatable bonds is 3. The minimum Gasteiger partial charge on any atom is -0.310 e. The highest BCUT2D eigenvalue weighted by Gasteiger charge is 2.18. The first-order valence-corrected chi connectivity index (χ1v) is 14.3. The van der Waals surface area contributed by atoms with Crippen molar-refractivity contribution in [3.8, 4) is 22.5 Å².